The van der Waals surface area contributed by atoms with E-state index in [2.05, 4.69) is 18.9 Å². The van der Waals surface area contributed by atoms with Gasteiger partial charge in [-0.15, -0.1) is 0 Å². The van der Waals surface area contributed by atoms with Crippen molar-refractivity contribution >= 4 is 5.97 Å². The maximum atomic E-state index is 12.0. The monoisotopic (exact) mass is 315 g/mol. The van der Waals surface area contributed by atoms with Crippen LogP contribution in [0.3, 0.4) is 0 Å². The van der Waals surface area contributed by atoms with Crippen LogP contribution >= 0.6 is 0 Å². The molecule has 0 amide bonds. The summed E-state index contributed by atoms with van der Waals surface area (Å²) in [6.45, 7) is 5.62. The lowest BCUT2D eigenvalue weighted by Crippen LogP contribution is -2.37. The van der Waals surface area contributed by atoms with E-state index in [9.17, 15) is 9.90 Å². The Morgan fingerprint density at radius 3 is 2.52 bits per heavy atom. The average Bonchev–Trinajstić information content (AvgIpc) is 2.94. The molecule has 0 aliphatic heterocycles. The average molecular weight is 315 g/mol. The number of carbonyl (C=O) groups is 1. The zero-order chi connectivity index (χ0) is 16.8. The molecule has 0 aliphatic rings. The number of hydrogen-bond acceptors (Lipinski definition) is 3. The standard InChI is InChI=1S/C18H25N3O2/c1-4-14(2)12-21(13-15-8-6-5-7-9-15)17(18(22)23)16-10-11-19-20(16)3/h5-11,14,17H,4,12-13H2,1-3H3,(H,22,23). The van der Waals surface area contributed by atoms with E-state index < -0.39 is 12.0 Å². The number of carboxylic acids is 1. The summed E-state index contributed by atoms with van der Waals surface area (Å²) in [5.41, 5.74) is 1.82. The normalized spacial score (nSPS) is 13.9. The molecular formula is C18H25N3O2. The van der Waals surface area contributed by atoms with E-state index in [0.29, 0.717) is 18.2 Å². The van der Waals surface area contributed by atoms with E-state index in [1.807, 2.05) is 35.2 Å². The first kappa shape index (κ1) is 17.2. The molecule has 5 nitrogen and oxygen atoms in total. The third kappa shape index (κ3) is 4.42. The van der Waals surface area contributed by atoms with Crippen LogP contribution in [0.25, 0.3) is 0 Å². The second kappa shape index (κ2) is 7.92. The summed E-state index contributed by atoms with van der Waals surface area (Å²) < 4.78 is 1.65. The molecule has 124 valence electrons. The van der Waals surface area contributed by atoms with Crippen molar-refractivity contribution in [1.82, 2.24) is 14.7 Å². The van der Waals surface area contributed by atoms with Crippen molar-refractivity contribution < 1.29 is 9.90 Å². The summed E-state index contributed by atoms with van der Waals surface area (Å²) >= 11 is 0. The van der Waals surface area contributed by atoms with Crippen molar-refractivity contribution in [1.29, 1.82) is 0 Å². The fraction of sp³-hybridized carbons (Fsp3) is 0.444. The van der Waals surface area contributed by atoms with Gasteiger partial charge in [0.1, 0.15) is 0 Å². The molecule has 0 bridgehead atoms. The number of aryl methyl sites for hydroxylation is 1. The minimum absolute atomic E-state index is 0.425. The lowest BCUT2D eigenvalue weighted by molar-refractivity contribution is -0.144. The fourth-order valence-electron chi connectivity index (χ4n) is 2.73. The quantitative estimate of drug-likeness (QED) is 0.813. The maximum Gasteiger partial charge on any atom is 0.327 e. The van der Waals surface area contributed by atoms with Crippen LogP contribution in [-0.2, 0) is 18.4 Å². The molecule has 2 atom stereocenters. The van der Waals surface area contributed by atoms with Crippen LogP contribution in [0.5, 0.6) is 0 Å². The van der Waals surface area contributed by atoms with Crippen molar-refractivity contribution in [3.8, 4) is 0 Å². The molecule has 2 aromatic rings. The Labute approximate surface area is 137 Å². The molecule has 0 fully saturated rings. The predicted molar refractivity (Wildman–Crippen MR) is 89.9 cm³/mol. The first-order valence-corrected chi connectivity index (χ1v) is 8.01. The molecular weight excluding hydrogens is 290 g/mol. The number of aliphatic carboxylic acids is 1. The molecule has 5 heteroatoms. The van der Waals surface area contributed by atoms with E-state index in [1.165, 1.54) is 0 Å². The van der Waals surface area contributed by atoms with Gasteiger partial charge in [0.15, 0.2) is 6.04 Å². The van der Waals surface area contributed by atoms with Gasteiger partial charge < -0.3 is 5.11 Å². The molecule has 0 saturated carbocycles. The number of carboxylic acid groups (broad SMARTS) is 1. The largest absolute Gasteiger partial charge is 0.480 e. The molecule has 1 aromatic heterocycles. The predicted octanol–water partition coefficient (Wildman–Crippen LogP) is 3.09. The van der Waals surface area contributed by atoms with Gasteiger partial charge >= 0.3 is 5.97 Å². The lowest BCUT2D eigenvalue weighted by atomic mass is 10.0. The summed E-state index contributed by atoms with van der Waals surface area (Å²) in [5.74, 6) is -0.415. The minimum Gasteiger partial charge on any atom is -0.480 e. The van der Waals surface area contributed by atoms with E-state index in [-0.39, 0.29) is 0 Å². The summed E-state index contributed by atoms with van der Waals surface area (Å²) in [4.78, 5) is 14.0. The van der Waals surface area contributed by atoms with E-state index >= 15 is 0 Å². The van der Waals surface area contributed by atoms with Crippen LogP contribution in [0.1, 0.15) is 37.6 Å². The zero-order valence-electron chi connectivity index (χ0n) is 14.0. The van der Waals surface area contributed by atoms with Crippen molar-refractivity contribution in [2.24, 2.45) is 13.0 Å². The first-order valence-electron chi connectivity index (χ1n) is 8.01. The Bertz CT molecular complexity index is 624. The molecule has 1 heterocycles. The third-order valence-corrected chi connectivity index (χ3v) is 4.21. The van der Waals surface area contributed by atoms with Crippen molar-refractivity contribution in [3.63, 3.8) is 0 Å². The van der Waals surface area contributed by atoms with Gasteiger partial charge in [-0.05, 0) is 17.5 Å². The topological polar surface area (TPSA) is 58.4 Å². The highest BCUT2D eigenvalue weighted by atomic mass is 16.4. The van der Waals surface area contributed by atoms with Crippen LogP contribution in [-0.4, -0.2) is 32.3 Å². The van der Waals surface area contributed by atoms with E-state index in [0.717, 1.165) is 18.5 Å². The van der Waals surface area contributed by atoms with E-state index in [4.69, 9.17) is 0 Å². The number of aromatic nitrogens is 2. The van der Waals surface area contributed by atoms with Crippen LogP contribution < -0.4 is 0 Å². The maximum absolute atomic E-state index is 12.0. The number of rotatable bonds is 8. The number of hydrogen-bond donors (Lipinski definition) is 1. The second-order valence-electron chi connectivity index (χ2n) is 6.05. The highest BCUT2D eigenvalue weighted by molar-refractivity contribution is 5.75. The number of benzene rings is 1. The van der Waals surface area contributed by atoms with Gasteiger partial charge in [0.25, 0.3) is 0 Å². The minimum atomic E-state index is -0.840. The van der Waals surface area contributed by atoms with Gasteiger partial charge in [-0.2, -0.15) is 5.10 Å². The molecule has 1 aromatic carbocycles. The van der Waals surface area contributed by atoms with Crippen LogP contribution in [0.4, 0.5) is 0 Å². The highest BCUT2D eigenvalue weighted by Gasteiger charge is 2.30. The van der Waals surface area contributed by atoms with Gasteiger partial charge in [-0.3, -0.25) is 14.4 Å². The van der Waals surface area contributed by atoms with Crippen molar-refractivity contribution in [2.45, 2.75) is 32.9 Å². The molecule has 0 aliphatic carbocycles. The molecule has 0 saturated heterocycles. The van der Waals surface area contributed by atoms with Crippen LogP contribution in [0.15, 0.2) is 42.6 Å². The summed E-state index contributed by atoms with van der Waals surface area (Å²) in [5, 5.41) is 14.0. The Morgan fingerprint density at radius 2 is 2.00 bits per heavy atom. The molecule has 0 radical (unpaired) electrons. The van der Waals surface area contributed by atoms with Crippen LogP contribution in [0, 0.1) is 5.92 Å². The van der Waals surface area contributed by atoms with Gasteiger partial charge in [-0.25, -0.2) is 0 Å². The molecule has 2 rings (SSSR count). The van der Waals surface area contributed by atoms with Gasteiger partial charge in [0.05, 0.1) is 5.69 Å². The zero-order valence-corrected chi connectivity index (χ0v) is 14.0. The summed E-state index contributed by atoms with van der Waals surface area (Å²) in [6, 6.07) is 11.1. The summed E-state index contributed by atoms with van der Waals surface area (Å²) in [6.07, 6.45) is 2.66. The van der Waals surface area contributed by atoms with Crippen molar-refractivity contribution in [2.75, 3.05) is 6.54 Å². The van der Waals surface area contributed by atoms with Crippen molar-refractivity contribution in [3.05, 3.63) is 53.9 Å². The van der Waals surface area contributed by atoms with Gasteiger partial charge in [0.2, 0.25) is 0 Å². The van der Waals surface area contributed by atoms with Crippen LogP contribution in [0.2, 0.25) is 0 Å². The third-order valence-electron chi connectivity index (χ3n) is 4.21. The number of nitrogens with zero attached hydrogens (tertiary/aromatic N) is 3. The SMILES string of the molecule is CCC(C)CN(Cc1ccccc1)C(C(=O)O)c1ccnn1C. The van der Waals surface area contributed by atoms with Gasteiger partial charge in [-0.1, -0.05) is 50.6 Å². The Morgan fingerprint density at radius 1 is 1.30 bits per heavy atom. The Hall–Kier alpha value is -2.14. The fourth-order valence-corrected chi connectivity index (χ4v) is 2.73. The Kier molecular flexibility index (Phi) is 5.93. The van der Waals surface area contributed by atoms with E-state index in [1.54, 1.807) is 24.0 Å². The Balaban J connectivity index is 2.32. The van der Waals surface area contributed by atoms with Gasteiger partial charge in [0, 0.05) is 26.3 Å². The first-order chi connectivity index (χ1) is 11.0. The molecule has 0 spiro atoms. The molecule has 1 N–H and O–H groups in total. The lowest BCUT2D eigenvalue weighted by Gasteiger charge is -2.31. The second-order valence-corrected chi connectivity index (χ2v) is 6.05. The molecule has 23 heavy (non-hydrogen) atoms. The smallest absolute Gasteiger partial charge is 0.327 e. The summed E-state index contributed by atoms with van der Waals surface area (Å²) in [7, 11) is 1.79. The highest BCUT2D eigenvalue weighted by Crippen LogP contribution is 2.24. The molecule has 2 unspecified atom stereocenters.